The average Bonchev–Trinajstić information content (AvgIpc) is 2.62. The van der Waals surface area contributed by atoms with Crippen molar-refractivity contribution in [2.75, 3.05) is 0 Å². The third-order valence-corrected chi connectivity index (χ3v) is 6.07. The van der Waals surface area contributed by atoms with Crippen LogP contribution in [0.4, 0.5) is 0 Å². The molecule has 0 fully saturated rings. The Balaban J connectivity index is 1.99. The van der Waals surface area contributed by atoms with E-state index in [1.807, 2.05) is 60.7 Å². The predicted molar refractivity (Wildman–Crippen MR) is 109 cm³/mol. The molecule has 0 aliphatic rings. The van der Waals surface area contributed by atoms with Crippen LogP contribution in [0, 0.1) is 0 Å². The molecule has 3 aromatic carbocycles. The lowest BCUT2D eigenvalue weighted by molar-refractivity contribution is 0.439. The van der Waals surface area contributed by atoms with Crippen molar-refractivity contribution in [1.82, 2.24) is 0 Å². The third-order valence-electron chi connectivity index (χ3n) is 4.00. The van der Waals surface area contributed by atoms with Crippen LogP contribution in [-0.4, -0.2) is 15.2 Å². The van der Waals surface area contributed by atoms with Crippen LogP contribution in [0.15, 0.2) is 84.9 Å². The first-order valence-electron chi connectivity index (χ1n) is 8.57. The van der Waals surface area contributed by atoms with Gasteiger partial charge in [-0.25, -0.2) is 0 Å². The van der Waals surface area contributed by atoms with Crippen molar-refractivity contribution in [3.05, 3.63) is 84.9 Å². The van der Waals surface area contributed by atoms with E-state index in [-0.39, 0.29) is 0 Å². The zero-order valence-electron chi connectivity index (χ0n) is 15.0. The first kappa shape index (κ1) is 17.4. The summed E-state index contributed by atoms with van der Waals surface area (Å²) in [5.41, 5.74) is 1.11. The number of rotatable bonds is 6. The fraction of sp³-hybridized carbons (Fsp3) is 0.143. The number of hydrogen-bond acceptors (Lipinski definition) is 2. The van der Waals surface area contributed by atoms with Gasteiger partial charge in [-0.05, 0) is 24.3 Å². The summed E-state index contributed by atoms with van der Waals surface area (Å²) >= 11 is 0. The minimum Gasteiger partial charge on any atom is -0.522 e. The van der Waals surface area contributed by atoms with Gasteiger partial charge >= 0.3 is 7.12 Å². The highest BCUT2D eigenvalue weighted by molar-refractivity contribution is 6.92. The predicted octanol–water partition coefficient (Wildman–Crippen LogP) is 4.09. The van der Waals surface area contributed by atoms with Gasteiger partial charge in [-0.2, -0.15) is 0 Å². The van der Waals surface area contributed by atoms with Gasteiger partial charge in [0.2, 0.25) is 0 Å². The van der Waals surface area contributed by atoms with E-state index in [2.05, 4.69) is 43.9 Å². The standard InChI is InChI=1S/C21H23BO2Si/c1-25(2,3)21-17-11-10-16-20(21)22(23-18-12-6-4-7-13-18)24-19-14-8-5-9-15-19/h4-17H,1-3H3. The molecule has 0 heterocycles. The number of benzene rings is 3. The van der Waals surface area contributed by atoms with Crippen LogP contribution in [0.3, 0.4) is 0 Å². The second-order valence-corrected chi connectivity index (χ2v) is 12.1. The average molecular weight is 346 g/mol. The molecule has 2 nitrogen and oxygen atoms in total. The molecule has 0 saturated heterocycles. The van der Waals surface area contributed by atoms with Gasteiger partial charge in [0.05, 0.1) is 8.07 Å². The molecular formula is C21H23BO2Si. The van der Waals surface area contributed by atoms with Gasteiger partial charge in [-0.15, -0.1) is 0 Å². The van der Waals surface area contributed by atoms with E-state index in [1.54, 1.807) is 0 Å². The second-order valence-electron chi connectivity index (χ2n) is 7.03. The van der Waals surface area contributed by atoms with Crippen LogP contribution in [0.25, 0.3) is 0 Å². The maximum atomic E-state index is 6.24. The first-order valence-corrected chi connectivity index (χ1v) is 12.1. The van der Waals surface area contributed by atoms with Crippen molar-refractivity contribution in [1.29, 1.82) is 0 Å². The van der Waals surface area contributed by atoms with Crippen LogP contribution >= 0.6 is 0 Å². The first-order chi connectivity index (χ1) is 12.0. The molecule has 25 heavy (non-hydrogen) atoms. The normalized spacial score (nSPS) is 11.0. The Bertz CT molecular complexity index is 759. The topological polar surface area (TPSA) is 18.5 Å². The fourth-order valence-corrected chi connectivity index (χ4v) is 4.45. The fourth-order valence-electron chi connectivity index (χ4n) is 2.78. The van der Waals surface area contributed by atoms with Gasteiger partial charge in [0.25, 0.3) is 0 Å². The van der Waals surface area contributed by atoms with Crippen LogP contribution in [-0.2, 0) is 0 Å². The van der Waals surface area contributed by atoms with Crippen molar-refractivity contribution in [2.45, 2.75) is 19.6 Å². The van der Waals surface area contributed by atoms with Crippen LogP contribution < -0.4 is 20.0 Å². The van der Waals surface area contributed by atoms with Crippen molar-refractivity contribution in [2.24, 2.45) is 0 Å². The van der Waals surface area contributed by atoms with Gasteiger partial charge in [-0.3, -0.25) is 0 Å². The maximum Gasteiger partial charge on any atom is 0.632 e. The van der Waals surface area contributed by atoms with Gasteiger partial charge < -0.3 is 9.31 Å². The van der Waals surface area contributed by atoms with Crippen molar-refractivity contribution in [3.8, 4) is 11.5 Å². The minimum absolute atomic E-state index is 0.479. The maximum absolute atomic E-state index is 6.24. The molecule has 0 unspecified atom stereocenters. The summed E-state index contributed by atoms with van der Waals surface area (Å²) in [4.78, 5) is 0. The van der Waals surface area contributed by atoms with E-state index in [0.29, 0.717) is 0 Å². The molecule has 0 aromatic heterocycles. The zero-order chi connectivity index (χ0) is 17.7. The summed E-state index contributed by atoms with van der Waals surface area (Å²) < 4.78 is 12.5. The van der Waals surface area contributed by atoms with E-state index in [0.717, 1.165) is 17.0 Å². The van der Waals surface area contributed by atoms with Crippen molar-refractivity contribution >= 4 is 25.8 Å². The smallest absolute Gasteiger partial charge is 0.522 e. The second kappa shape index (κ2) is 7.62. The Kier molecular flexibility index (Phi) is 5.29. The molecule has 3 aromatic rings. The van der Waals surface area contributed by atoms with Crippen LogP contribution in [0.1, 0.15) is 0 Å². The molecule has 0 N–H and O–H groups in total. The Morgan fingerprint density at radius 2 is 1.04 bits per heavy atom. The van der Waals surface area contributed by atoms with Crippen molar-refractivity contribution < 1.29 is 9.31 Å². The van der Waals surface area contributed by atoms with Gasteiger partial charge in [-0.1, -0.05) is 85.5 Å². The summed E-state index contributed by atoms with van der Waals surface area (Å²) in [5, 5.41) is 1.35. The molecule has 0 aliphatic heterocycles. The third kappa shape index (κ3) is 4.55. The highest BCUT2D eigenvalue weighted by atomic mass is 28.3. The monoisotopic (exact) mass is 346 g/mol. The highest BCUT2D eigenvalue weighted by Crippen LogP contribution is 2.15. The molecule has 3 rings (SSSR count). The summed E-state index contributed by atoms with van der Waals surface area (Å²) in [7, 11) is -2.01. The molecule has 0 bridgehead atoms. The van der Waals surface area contributed by atoms with Gasteiger partial charge in [0.15, 0.2) is 0 Å². The lowest BCUT2D eigenvalue weighted by Crippen LogP contribution is -2.57. The Morgan fingerprint density at radius 1 is 0.600 bits per heavy atom. The molecule has 4 heteroatoms. The van der Waals surface area contributed by atoms with Gasteiger partial charge in [0.1, 0.15) is 11.5 Å². The molecule has 0 radical (unpaired) electrons. The van der Waals surface area contributed by atoms with E-state index in [4.69, 9.17) is 9.31 Å². The van der Waals surface area contributed by atoms with E-state index >= 15 is 0 Å². The van der Waals surface area contributed by atoms with Crippen LogP contribution in [0.5, 0.6) is 11.5 Å². The van der Waals surface area contributed by atoms with Crippen LogP contribution in [0.2, 0.25) is 19.6 Å². The molecular weight excluding hydrogens is 323 g/mol. The van der Waals surface area contributed by atoms with Crippen molar-refractivity contribution in [3.63, 3.8) is 0 Å². The Hall–Kier alpha value is -2.46. The summed E-state index contributed by atoms with van der Waals surface area (Å²) in [5.74, 6) is 1.60. The minimum atomic E-state index is -1.54. The van der Waals surface area contributed by atoms with E-state index in [1.165, 1.54) is 5.19 Å². The molecule has 0 atom stereocenters. The van der Waals surface area contributed by atoms with E-state index < -0.39 is 15.2 Å². The molecule has 0 amide bonds. The summed E-state index contributed by atoms with van der Waals surface area (Å²) in [6, 6.07) is 28.1. The molecule has 126 valence electrons. The Labute approximate surface area is 151 Å². The summed E-state index contributed by atoms with van der Waals surface area (Å²) in [6.07, 6.45) is 0. The highest BCUT2D eigenvalue weighted by Gasteiger charge is 2.33. The number of hydrogen-bond donors (Lipinski definition) is 0. The van der Waals surface area contributed by atoms with Gasteiger partial charge in [0, 0.05) is 5.46 Å². The lowest BCUT2D eigenvalue weighted by Gasteiger charge is -2.24. The quantitative estimate of drug-likeness (QED) is 0.626. The molecule has 0 spiro atoms. The van der Waals surface area contributed by atoms with E-state index in [9.17, 15) is 0 Å². The molecule has 0 aliphatic carbocycles. The number of para-hydroxylation sites is 2. The lowest BCUT2D eigenvalue weighted by atomic mass is 9.78. The molecule has 0 saturated carbocycles. The zero-order valence-corrected chi connectivity index (χ0v) is 16.0. The SMILES string of the molecule is C[Si](C)(C)c1ccccc1B(Oc1ccccc1)Oc1ccccc1. The summed E-state index contributed by atoms with van der Waals surface area (Å²) in [6.45, 7) is 7.02. The Morgan fingerprint density at radius 3 is 1.52 bits per heavy atom. The largest absolute Gasteiger partial charge is 0.632 e.